The molecule has 6 heteroatoms. The standard InChI is InChI=1S/C14H14BrN5/c15-11-4-5-12(10(7-11)8-16)17-9-14-19-18-13-3-1-2-6-20(13)14/h4-5,7,17H,1-3,6,9H2. The molecule has 1 aliphatic heterocycles. The summed E-state index contributed by atoms with van der Waals surface area (Å²) in [6.45, 7) is 1.58. The summed E-state index contributed by atoms with van der Waals surface area (Å²) in [6.07, 6.45) is 3.38. The highest BCUT2D eigenvalue weighted by Gasteiger charge is 2.15. The molecule has 5 nitrogen and oxygen atoms in total. The van der Waals surface area contributed by atoms with E-state index in [1.807, 2.05) is 18.2 Å². The number of benzene rings is 1. The maximum atomic E-state index is 9.15. The second-order valence-corrected chi connectivity index (χ2v) is 5.71. The van der Waals surface area contributed by atoms with Crippen LogP contribution in [0, 0.1) is 11.3 Å². The number of nitrogens with zero attached hydrogens (tertiary/aromatic N) is 4. The monoisotopic (exact) mass is 331 g/mol. The molecule has 0 saturated carbocycles. The Balaban J connectivity index is 1.77. The molecule has 0 spiro atoms. The van der Waals surface area contributed by atoms with Crippen molar-refractivity contribution in [1.29, 1.82) is 5.26 Å². The molecule has 20 heavy (non-hydrogen) atoms. The number of hydrogen-bond donors (Lipinski definition) is 1. The second kappa shape index (κ2) is 5.63. The van der Waals surface area contributed by atoms with Gasteiger partial charge in [0.1, 0.15) is 11.9 Å². The van der Waals surface area contributed by atoms with Crippen LogP contribution < -0.4 is 5.32 Å². The molecule has 3 rings (SSSR count). The Morgan fingerprint density at radius 1 is 1.35 bits per heavy atom. The molecule has 0 radical (unpaired) electrons. The maximum Gasteiger partial charge on any atom is 0.152 e. The Labute approximate surface area is 125 Å². The van der Waals surface area contributed by atoms with Gasteiger partial charge in [-0.1, -0.05) is 15.9 Å². The lowest BCUT2D eigenvalue weighted by Gasteiger charge is -2.15. The number of rotatable bonds is 3. The highest BCUT2D eigenvalue weighted by molar-refractivity contribution is 9.10. The summed E-state index contributed by atoms with van der Waals surface area (Å²) in [5.41, 5.74) is 1.45. The first-order valence-corrected chi connectivity index (χ1v) is 7.41. The first kappa shape index (κ1) is 13.1. The van der Waals surface area contributed by atoms with Crippen LogP contribution in [0.3, 0.4) is 0 Å². The van der Waals surface area contributed by atoms with E-state index in [4.69, 9.17) is 5.26 Å². The van der Waals surface area contributed by atoms with Gasteiger partial charge in [-0.2, -0.15) is 5.26 Å². The van der Waals surface area contributed by atoms with Gasteiger partial charge in [-0.05, 0) is 31.0 Å². The van der Waals surface area contributed by atoms with Crippen LogP contribution in [0.15, 0.2) is 22.7 Å². The van der Waals surface area contributed by atoms with Crippen molar-refractivity contribution >= 4 is 21.6 Å². The lowest BCUT2D eigenvalue weighted by atomic mass is 10.1. The zero-order valence-corrected chi connectivity index (χ0v) is 12.5. The van der Waals surface area contributed by atoms with Crippen LogP contribution in [0.2, 0.25) is 0 Å². The minimum Gasteiger partial charge on any atom is -0.377 e. The largest absolute Gasteiger partial charge is 0.377 e. The van der Waals surface area contributed by atoms with Crippen molar-refractivity contribution < 1.29 is 0 Å². The molecule has 2 aromatic rings. The summed E-state index contributed by atoms with van der Waals surface area (Å²) in [4.78, 5) is 0. The third-order valence-corrected chi connectivity index (χ3v) is 3.97. The summed E-state index contributed by atoms with van der Waals surface area (Å²) >= 11 is 3.37. The summed E-state index contributed by atoms with van der Waals surface area (Å²) in [6, 6.07) is 7.82. The smallest absolute Gasteiger partial charge is 0.152 e. The van der Waals surface area contributed by atoms with Crippen molar-refractivity contribution in [2.45, 2.75) is 32.4 Å². The minimum atomic E-state index is 0.587. The van der Waals surface area contributed by atoms with Crippen molar-refractivity contribution in [1.82, 2.24) is 14.8 Å². The summed E-state index contributed by atoms with van der Waals surface area (Å²) in [7, 11) is 0. The summed E-state index contributed by atoms with van der Waals surface area (Å²) in [5, 5.41) is 20.9. The fourth-order valence-electron chi connectivity index (χ4n) is 2.44. The molecule has 0 amide bonds. The van der Waals surface area contributed by atoms with E-state index in [1.165, 1.54) is 12.8 Å². The van der Waals surface area contributed by atoms with E-state index in [9.17, 15) is 0 Å². The number of fused-ring (bicyclic) bond motifs is 1. The third-order valence-electron chi connectivity index (χ3n) is 3.48. The number of nitrogens with one attached hydrogen (secondary N) is 1. The van der Waals surface area contributed by atoms with Gasteiger partial charge in [-0.15, -0.1) is 10.2 Å². The lowest BCUT2D eigenvalue weighted by Crippen LogP contribution is -2.15. The number of aryl methyl sites for hydroxylation is 1. The Hall–Kier alpha value is -1.87. The van der Waals surface area contributed by atoms with Crippen LogP contribution in [0.5, 0.6) is 0 Å². The normalized spacial score (nSPS) is 13.6. The number of hydrogen-bond acceptors (Lipinski definition) is 4. The van der Waals surface area contributed by atoms with Gasteiger partial charge in [-0.25, -0.2) is 0 Å². The molecule has 1 N–H and O–H groups in total. The van der Waals surface area contributed by atoms with Gasteiger partial charge < -0.3 is 9.88 Å². The Bertz CT molecular complexity index is 671. The number of halogens is 1. The molecule has 2 heterocycles. The first-order valence-electron chi connectivity index (χ1n) is 6.62. The van der Waals surface area contributed by atoms with Crippen LogP contribution in [0.1, 0.15) is 30.1 Å². The number of anilines is 1. The summed E-state index contributed by atoms with van der Waals surface area (Å²) < 4.78 is 3.08. The minimum absolute atomic E-state index is 0.587. The average molecular weight is 332 g/mol. The molecule has 0 saturated heterocycles. The third kappa shape index (κ3) is 2.54. The van der Waals surface area contributed by atoms with E-state index in [0.29, 0.717) is 12.1 Å². The van der Waals surface area contributed by atoms with Crippen LogP contribution in [-0.2, 0) is 19.5 Å². The van der Waals surface area contributed by atoms with Crippen molar-refractivity contribution in [2.24, 2.45) is 0 Å². The lowest BCUT2D eigenvalue weighted by molar-refractivity contribution is 0.510. The van der Waals surface area contributed by atoms with Gasteiger partial charge in [0.2, 0.25) is 0 Å². The number of aromatic nitrogens is 3. The fraction of sp³-hybridized carbons (Fsp3) is 0.357. The first-order chi connectivity index (χ1) is 9.78. The van der Waals surface area contributed by atoms with Crippen molar-refractivity contribution in [3.63, 3.8) is 0 Å². The molecule has 0 fully saturated rings. The van der Waals surface area contributed by atoms with Gasteiger partial charge in [0.15, 0.2) is 5.82 Å². The zero-order chi connectivity index (χ0) is 13.9. The van der Waals surface area contributed by atoms with E-state index >= 15 is 0 Å². The molecule has 102 valence electrons. The van der Waals surface area contributed by atoms with Crippen LogP contribution >= 0.6 is 15.9 Å². The van der Waals surface area contributed by atoms with Crippen LogP contribution in [0.4, 0.5) is 5.69 Å². The van der Waals surface area contributed by atoms with Crippen molar-refractivity contribution in [2.75, 3.05) is 5.32 Å². The SMILES string of the molecule is N#Cc1cc(Br)ccc1NCc1nnc2n1CCCC2. The van der Waals surface area contributed by atoms with E-state index in [0.717, 1.165) is 34.8 Å². The highest BCUT2D eigenvalue weighted by Crippen LogP contribution is 2.21. The predicted molar refractivity (Wildman–Crippen MR) is 79.1 cm³/mol. The molecule has 0 aliphatic carbocycles. The fourth-order valence-corrected chi connectivity index (χ4v) is 2.80. The van der Waals surface area contributed by atoms with Gasteiger partial charge in [0, 0.05) is 17.4 Å². The summed E-state index contributed by atoms with van der Waals surface area (Å²) in [5.74, 6) is 2.01. The van der Waals surface area contributed by atoms with Crippen LogP contribution in [-0.4, -0.2) is 14.8 Å². The van der Waals surface area contributed by atoms with Crippen LogP contribution in [0.25, 0.3) is 0 Å². The van der Waals surface area contributed by atoms with Gasteiger partial charge in [0.25, 0.3) is 0 Å². The topological polar surface area (TPSA) is 66.5 Å². The predicted octanol–water partition coefficient (Wildman–Crippen LogP) is 2.86. The molecule has 0 unspecified atom stereocenters. The Kier molecular flexibility index (Phi) is 3.70. The van der Waals surface area contributed by atoms with Gasteiger partial charge >= 0.3 is 0 Å². The molecule has 1 aromatic heterocycles. The Morgan fingerprint density at radius 3 is 3.10 bits per heavy atom. The van der Waals surface area contributed by atoms with E-state index in [2.05, 4.69) is 42.1 Å². The molecule has 0 atom stereocenters. The second-order valence-electron chi connectivity index (χ2n) is 4.80. The molecular formula is C14H14BrN5. The molecule has 1 aliphatic rings. The molecule has 0 bridgehead atoms. The highest BCUT2D eigenvalue weighted by atomic mass is 79.9. The average Bonchev–Trinajstić information content (AvgIpc) is 2.89. The Morgan fingerprint density at radius 2 is 2.25 bits per heavy atom. The quantitative estimate of drug-likeness (QED) is 0.939. The van der Waals surface area contributed by atoms with Crippen molar-refractivity contribution in [3.8, 4) is 6.07 Å². The van der Waals surface area contributed by atoms with E-state index < -0.39 is 0 Å². The zero-order valence-electron chi connectivity index (χ0n) is 10.9. The molecular weight excluding hydrogens is 318 g/mol. The maximum absolute atomic E-state index is 9.15. The van der Waals surface area contributed by atoms with Gasteiger partial charge in [0.05, 0.1) is 17.8 Å². The van der Waals surface area contributed by atoms with E-state index in [1.54, 1.807) is 0 Å². The number of nitriles is 1. The van der Waals surface area contributed by atoms with Crippen molar-refractivity contribution in [3.05, 3.63) is 39.9 Å². The molecule has 1 aromatic carbocycles. The van der Waals surface area contributed by atoms with Gasteiger partial charge in [-0.3, -0.25) is 0 Å². The van der Waals surface area contributed by atoms with E-state index in [-0.39, 0.29) is 0 Å².